The molecule has 1 aliphatic heterocycles. The minimum atomic E-state index is -0.759. The molecular weight excluding hydrogens is 416 g/mol. The van der Waals surface area contributed by atoms with Crippen molar-refractivity contribution >= 4 is 50.2 Å². The van der Waals surface area contributed by atoms with Gasteiger partial charge in [-0.2, -0.15) is 0 Å². The van der Waals surface area contributed by atoms with Gasteiger partial charge in [0.2, 0.25) is 10.3 Å². The molecule has 0 unspecified atom stereocenters. The molecular formula is C22H14N4O4S. The Morgan fingerprint density at radius 2 is 1.68 bits per heavy atom. The SMILES string of the molecule is O=C(Nc1nnc(NCc2cccc3ccccc23)s1)c1ccc2c(c1)C(=O)OC2=O. The van der Waals surface area contributed by atoms with Crippen LogP contribution in [0, 0.1) is 0 Å². The van der Waals surface area contributed by atoms with E-state index in [9.17, 15) is 14.4 Å². The summed E-state index contributed by atoms with van der Waals surface area (Å²) in [5.74, 6) is -1.94. The van der Waals surface area contributed by atoms with Crippen LogP contribution in [0.15, 0.2) is 60.7 Å². The van der Waals surface area contributed by atoms with Crippen LogP contribution >= 0.6 is 11.3 Å². The van der Waals surface area contributed by atoms with Gasteiger partial charge in [-0.3, -0.25) is 10.1 Å². The van der Waals surface area contributed by atoms with Gasteiger partial charge in [-0.25, -0.2) is 9.59 Å². The lowest BCUT2D eigenvalue weighted by Gasteiger charge is -2.06. The highest BCUT2D eigenvalue weighted by atomic mass is 32.1. The molecule has 0 saturated heterocycles. The molecule has 0 aliphatic carbocycles. The van der Waals surface area contributed by atoms with Gasteiger partial charge >= 0.3 is 11.9 Å². The summed E-state index contributed by atoms with van der Waals surface area (Å²) in [7, 11) is 0. The first-order chi connectivity index (χ1) is 15.1. The van der Waals surface area contributed by atoms with Gasteiger partial charge < -0.3 is 10.1 Å². The van der Waals surface area contributed by atoms with Crippen LogP contribution in [0.25, 0.3) is 10.8 Å². The zero-order chi connectivity index (χ0) is 21.4. The molecule has 5 rings (SSSR count). The first-order valence-electron chi connectivity index (χ1n) is 9.34. The van der Waals surface area contributed by atoms with Gasteiger partial charge in [0.1, 0.15) is 0 Å². The van der Waals surface area contributed by atoms with Crippen LogP contribution in [0.4, 0.5) is 10.3 Å². The molecule has 0 bridgehead atoms. The Morgan fingerprint density at radius 3 is 2.58 bits per heavy atom. The minimum absolute atomic E-state index is 0.0763. The van der Waals surface area contributed by atoms with Crippen LogP contribution < -0.4 is 10.6 Å². The predicted molar refractivity (Wildman–Crippen MR) is 115 cm³/mol. The number of fused-ring (bicyclic) bond motifs is 2. The van der Waals surface area contributed by atoms with E-state index in [1.165, 1.54) is 29.5 Å². The van der Waals surface area contributed by atoms with E-state index in [2.05, 4.69) is 43.8 Å². The van der Waals surface area contributed by atoms with Crippen LogP contribution in [0.1, 0.15) is 36.6 Å². The van der Waals surface area contributed by atoms with Crippen LogP contribution in [0.5, 0.6) is 0 Å². The van der Waals surface area contributed by atoms with Crippen molar-refractivity contribution < 1.29 is 19.1 Å². The van der Waals surface area contributed by atoms with Gasteiger partial charge in [0.05, 0.1) is 11.1 Å². The zero-order valence-corrected chi connectivity index (χ0v) is 16.7. The average Bonchev–Trinajstić information content (AvgIpc) is 3.35. The topological polar surface area (TPSA) is 110 Å². The molecule has 31 heavy (non-hydrogen) atoms. The Hall–Kier alpha value is -4.11. The lowest BCUT2D eigenvalue weighted by molar-refractivity contribution is 0.0443. The number of anilines is 2. The maximum Gasteiger partial charge on any atom is 0.346 e. The van der Waals surface area contributed by atoms with Crippen molar-refractivity contribution in [3.05, 3.63) is 82.9 Å². The van der Waals surface area contributed by atoms with Gasteiger partial charge in [0.25, 0.3) is 5.91 Å². The Labute approximate surface area is 179 Å². The number of benzene rings is 3. The quantitative estimate of drug-likeness (QED) is 0.365. The minimum Gasteiger partial charge on any atom is -0.386 e. The summed E-state index contributed by atoms with van der Waals surface area (Å²) in [6.45, 7) is 0.560. The molecule has 4 aromatic rings. The number of nitrogens with zero attached hydrogens (tertiary/aromatic N) is 2. The summed E-state index contributed by atoms with van der Waals surface area (Å²) in [4.78, 5) is 35.7. The summed E-state index contributed by atoms with van der Waals surface area (Å²) >= 11 is 1.20. The van der Waals surface area contributed by atoms with Crippen molar-refractivity contribution in [1.29, 1.82) is 0 Å². The third-order valence-electron chi connectivity index (χ3n) is 4.86. The Balaban J connectivity index is 1.27. The zero-order valence-electron chi connectivity index (χ0n) is 15.9. The van der Waals surface area contributed by atoms with E-state index >= 15 is 0 Å². The maximum absolute atomic E-state index is 12.5. The molecule has 2 N–H and O–H groups in total. The smallest absolute Gasteiger partial charge is 0.346 e. The number of aromatic nitrogens is 2. The van der Waals surface area contributed by atoms with Crippen molar-refractivity contribution in [3.63, 3.8) is 0 Å². The molecule has 0 spiro atoms. The number of carbonyl (C=O) groups excluding carboxylic acids is 3. The molecule has 1 aromatic heterocycles. The fraction of sp³-hybridized carbons (Fsp3) is 0.0455. The summed E-state index contributed by atoms with van der Waals surface area (Å²) < 4.78 is 4.54. The number of hydrogen-bond acceptors (Lipinski definition) is 8. The molecule has 1 aliphatic rings. The summed E-state index contributed by atoms with van der Waals surface area (Å²) in [6.07, 6.45) is 0. The number of rotatable bonds is 5. The fourth-order valence-electron chi connectivity index (χ4n) is 3.36. The second-order valence-electron chi connectivity index (χ2n) is 6.80. The van der Waals surface area contributed by atoms with E-state index in [-0.39, 0.29) is 16.7 Å². The molecule has 0 atom stereocenters. The largest absolute Gasteiger partial charge is 0.386 e. The number of esters is 2. The summed E-state index contributed by atoms with van der Waals surface area (Å²) in [6, 6.07) is 18.4. The van der Waals surface area contributed by atoms with E-state index in [1.54, 1.807) is 0 Å². The van der Waals surface area contributed by atoms with Crippen LogP contribution in [-0.4, -0.2) is 28.0 Å². The number of carbonyl (C=O) groups is 3. The number of nitrogens with one attached hydrogen (secondary N) is 2. The lowest BCUT2D eigenvalue weighted by Crippen LogP contribution is -2.12. The Bertz CT molecular complexity index is 1360. The monoisotopic (exact) mass is 430 g/mol. The molecule has 8 nitrogen and oxygen atoms in total. The number of hydrogen-bond donors (Lipinski definition) is 2. The number of cyclic esters (lactones) is 2. The normalized spacial score (nSPS) is 12.5. The molecule has 2 heterocycles. The molecule has 152 valence electrons. The Kier molecular flexibility index (Phi) is 4.64. The molecule has 0 radical (unpaired) electrons. The highest BCUT2D eigenvalue weighted by molar-refractivity contribution is 7.19. The molecule has 0 fully saturated rings. The Morgan fingerprint density at radius 1 is 0.903 bits per heavy atom. The first kappa shape index (κ1) is 18.9. The van der Waals surface area contributed by atoms with Crippen molar-refractivity contribution in [1.82, 2.24) is 10.2 Å². The summed E-state index contributed by atoms with van der Waals surface area (Å²) in [5.41, 5.74) is 1.56. The lowest BCUT2D eigenvalue weighted by atomic mass is 10.0. The van der Waals surface area contributed by atoms with Gasteiger partial charge in [0, 0.05) is 12.1 Å². The van der Waals surface area contributed by atoms with E-state index in [0.29, 0.717) is 16.8 Å². The third kappa shape index (κ3) is 3.62. The number of amides is 1. The van der Waals surface area contributed by atoms with Gasteiger partial charge in [-0.1, -0.05) is 53.8 Å². The predicted octanol–water partition coefficient (Wildman–Crippen LogP) is 3.87. The molecule has 1 amide bonds. The summed E-state index contributed by atoms with van der Waals surface area (Å²) in [5, 5.41) is 17.1. The second kappa shape index (κ2) is 7.62. The average molecular weight is 430 g/mol. The number of ether oxygens (including phenoxy) is 1. The van der Waals surface area contributed by atoms with Crippen LogP contribution in [-0.2, 0) is 11.3 Å². The highest BCUT2D eigenvalue weighted by Gasteiger charge is 2.30. The van der Waals surface area contributed by atoms with E-state index in [0.717, 1.165) is 16.3 Å². The molecule has 0 saturated carbocycles. The molecule has 3 aromatic carbocycles. The van der Waals surface area contributed by atoms with Crippen molar-refractivity contribution in [2.45, 2.75) is 6.54 Å². The fourth-order valence-corrected chi connectivity index (χ4v) is 3.99. The first-order valence-corrected chi connectivity index (χ1v) is 10.2. The standard InChI is InChI=1S/C22H14N4O4S/c27-18(13-8-9-16-17(10-13)20(29)30-19(16)28)24-22-26-25-21(31-22)23-11-14-6-3-5-12-4-1-2-7-15(12)14/h1-10H,11H2,(H,23,25)(H,24,26,27). The van der Waals surface area contributed by atoms with Gasteiger partial charge in [-0.05, 0) is 34.5 Å². The van der Waals surface area contributed by atoms with E-state index in [4.69, 9.17) is 0 Å². The van der Waals surface area contributed by atoms with Gasteiger partial charge in [0.15, 0.2) is 0 Å². The van der Waals surface area contributed by atoms with Gasteiger partial charge in [-0.15, -0.1) is 10.2 Å². The van der Waals surface area contributed by atoms with Crippen molar-refractivity contribution in [3.8, 4) is 0 Å². The second-order valence-corrected chi connectivity index (χ2v) is 7.77. The molecule has 9 heteroatoms. The highest BCUT2D eigenvalue weighted by Crippen LogP contribution is 2.25. The van der Waals surface area contributed by atoms with Crippen LogP contribution in [0.3, 0.4) is 0 Å². The van der Waals surface area contributed by atoms with Crippen molar-refractivity contribution in [2.75, 3.05) is 10.6 Å². The third-order valence-corrected chi connectivity index (χ3v) is 5.66. The van der Waals surface area contributed by atoms with Crippen molar-refractivity contribution in [2.24, 2.45) is 0 Å². The van der Waals surface area contributed by atoms with E-state index < -0.39 is 17.8 Å². The van der Waals surface area contributed by atoms with E-state index in [1.807, 2.05) is 24.3 Å². The maximum atomic E-state index is 12.5. The van der Waals surface area contributed by atoms with Crippen LogP contribution in [0.2, 0.25) is 0 Å².